The maximum absolute atomic E-state index is 5.93. The van der Waals surface area contributed by atoms with Crippen LogP contribution in [0.3, 0.4) is 0 Å². The van der Waals surface area contributed by atoms with Crippen molar-refractivity contribution in [2.45, 2.75) is 39.2 Å². The maximum atomic E-state index is 5.93. The lowest BCUT2D eigenvalue weighted by molar-refractivity contribution is 0.409. The number of hydrogen-bond acceptors (Lipinski definition) is 2. The lowest BCUT2D eigenvalue weighted by Crippen LogP contribution is -2.21. The highest BCUT2D eigenvalue weighted by molar-refractivity contribution is 5.37. The topological polar surface area (TPSA) is 35.2 Å². The fourth-order valence-corrected chi connectivity index (χ4v) is 1.66. The highest BCUT2D eigenvalue weighted by Gasteiger charge is 2.05. The van der Waals surface area contributed by atoms with Crippen molar-refractivity contribution in [1.82, 2.24) is 0 Å². The number of benzene rings is 1. The molecule has 0 aliphatic heterocycles. The Morgan fingerprint density at radius 2 is 2.07 bits per heavy atom. The Bertz CT molecular complexity index is 309. The minimum atomic E-state index is 0.252. The highest BCUT2D eigenvalue weighted by atomic mass is 16.5. The van der Waals surface area contributed by atoms with Crippen LogP contribution in [-0.2, 0) is 12.8 Å². The number of aryl methyl sites for hydroxylation is 1. The first-order valence-electron chi connectivity index (χ1n) is 5.62. The fourth-order valence-electron chi connectivity index (χ4n) is 1.66. The molecule has 1 aromatic rings. The third-order valence-electron chi connectivity index (χ3n) is 2.75. The van der Waals surface area contributed by atoms with E-state index in [0.29, 0.717) is 0 Å². The highest BCUT2D eigenvalue weighted by Crippen LogP contribution is 2.21. The molecule has 0 saturated heterocycles. The summed E-state index contributed by atoms with van der Waals surface area (Å²) in [6.07, 6.45) is 2.94. The van der Waals surface area contributed by atoms with Gasteiger partial charge < -0.3 is 10.5 Å². The molecule has 0 spiro atoms. The van der Waals surface area contributed by atoms with Gasteiger partial charge in [-0.15, -0.1) is 0 Å². The molecule has 0 heterocycles. The van der Waals surface area contributed by atoms with Crippen LogP contribution in [0, 0.1) is 0 Å². The van der Waals surface area contributed by atoms with Gasteiger partial charge in [-0.1, -0.05) is 26.0 Å². The molecule has 0 bridgehead atoms. The van der Waals surface area contributed by atoms with E-state index in [1.54, 1.807) is 7.11 Å². The number of ether oxygens (including phenoxy) is 1. The summed E-state index contributed by atoms with van der Waals surface area (Å²) < 4.78 is 5.35. The number of methoxy groups -OCH3 is 1. The van der Waals surface area contributed by atoms with Gasteiger partial charge in [0.2, 0.25) is 0 Å². The summed E-state index contributed by atoms with van der Waals surface area (Å²) >= 11 is 0. The van der Waals surface area contributed by atoms with Crippen LogP contribution in [0.4, 0.5) is 0 Å². The predicted octanol–water partition coefficient (Wildman–Crippen LogP) is 2.54. The summed E-state index contributed by atoms with van der Waals surface area (Å²) in [6.45, 7) is 4.25. The Labute approximate surface area is 92.4 Å². The molecule has 1 atom stereocenters. The quantitative estimate of drug-likeness (QED) is 0.805. The van der Waals surface area contributed by atoms with Crippen molar-refractivity contribution in [3.8, 4) is 5.75 Å². The summed E-state index contributed by atoms with van der Waals surface area (Å²) in [4.78, 5) is 0. The van der Waals surface area contributed by atoms with Gasteiger partial charge in [0.15, 0.2) is 0 Å². The summed E-state index contributed by atoms with van der Waals surface area (Å²) in [6, 6.07) is 6.64. The second-order valence-electron chi connectivity index (χ2n) is 3.87. The van der Waals surface area contributed by atoms with E-state index < -0.39 is 0 Å². The fraction of sp³-hybridized carbons (Fsp3) is 0.538. The summed E-state index contributed by atoms with van der Waals surface area (Å²) in [5.74, 6) is 0.985. The molecule has 0 radical (unpaired) electrons. The van der Waals surface area contributed by atoms with Crippen molar-refractivity contribution in [3.63, 3.8) is 0 Å². The van der Waals surface area contributed by atoms with E-state index in [2.05, 4.69) is 32.0 Å². The standard InChI is InChI=1S/C13H21NO/c1-4-11-7-6-10(8-12(14)5-2)9-13(11)15-3/h6-7,9,12H,4-5,8,14H2,1-3H3/t12-/m0/s1. The monoisotopic (exact) mass is 207 g/mol. The van der Waals surface area contributed by atoms with Crippen LogP contribution in [-0.4, -0.2) is 13.2 Å². The van der Waals surface area contributed by atoms with E-state index in [1.807, 2.05) is 0 Å². The molecule has 0 fully saturated rings. The predicted molar refractivity (Wildman–Crippen MR) is 64.3 cm³/mol. The van der Waals surface area contributed by atoms with E-state index in [4.69, 9.17) is 10.5 Å². The summed E-state index contributed by atoms with van der Waals surface area (Å²) in [5, 5.41) is 0. The minimum absolute atomic E-state index is 0.252. The molecular weight excluding hydrogens is 186 g/mol. The smallest absolute Gasteiger partial charge is 0.122 e. The van der Waals surface area contributed by atoms with E-state index in [9.17, 15) is 0 Å². The summed E-state index contributed by atoms with van der Waals surface area (Å²) in [5.41, 5.74) is 8.44. The van der Waals surface area contributed by atoms with Crippen LogP contribution < -0.4 is 10.5 Å². The molecule has 1 aromatic carbocycles. The molecular formula is C13H21NO. The van der Waals surface area contributed by atoms with Gasteiger partial charge in [-0.05, 0) is 36.5 Å². The third kappa shape index (κ3) is 3.24. The molecule has 0 saturated carbocycles. The van der Waals surface area contributed by atoms with Crippen LogP contribution >= 0.6 is 0 Å². The Hall–Kier alpha value is -1.02. The van der Waals surface area contributed by atoms with Gasteiger partial charge in [-0.3, -0.25) is 0 Å². The van der Waals surface area contributed by atoms with Crippen LogP contribution in [0.1, 0.15) is 31.4 Å². The van der Waals surface area contributed by atoms with Crippen LogP contribution in [0.15, 0.2) is 18.2 Å². The van der Waals surface area contributed by atoms with Gasteiger partial charge in [-0.2, -0.15) is 0 Å². The van der Waals surface area contributed by atoms with Gasteiger partial charge in [0.25, 0.3) is 0 Å². The van der Waals surface area contributed by atoms with E-state index in [-0.39, 0.29) is 6.04 Å². The zero-order chi connectivity index (χ0) is 11.3. The van der Waals surface area contributed by atoms with Crippen molar-refractivity contribution in [3.05, 3.63) is 29.3 Å². The summed E-state index contributed by atoms with van der Waals surface area (Å²) in [7, 11) is 1.72. The van der Waals surface area contributed by atoms with Crippen molar-refractivity contribution in [1.29, 1.82) is 0 Å². The molecule has 2 N–H and O–H groups in total. The largest absolute Gasteiger partial charge is 0.496 e. The molecule has 2 heteroatoms. The lowest BCUT2D eigenvalue weighted by atomic mass is 10.0. The van der Waals surface area contributed by atoms with Crippen LogP contribution in [0.2, 0.25) is 0 Å². The Kier molecular flexibility index (Phi) is 4.63. The zero-order valence-electron chi connectivity index (χ0n) is 9.92. The third-order valence-corrected chi connectivity index (χ3v) is 2.75. The molecule has 0 aromatic heterocycles. The van der Waals surface area contributed by atoms with Gasteiger partial charge in [0.05, 0.1) is 7.11 Å². The molecule has 0 aliphatic carbocycles. The SMILES string of the molecule is CCc1ccc(C[C@@H](N)CC)cc1OC. The van der Waals surface area contributed by atoms with Crippen LogP contribution in [0.25, 0.3) is 0 Å². The first kappa shape index (κ1) is 12.1. The molecule has 0 aliphatic rings. The number of rotatable bonds is 5. The van der Waals surface area contributed by atoms with E-state index in [1.165, 1.54) is 11.1 Å². The van der Waals surface area contributed by atoms with Crippen molar-refractivity contribution >= 4 is 0 Å². The molecule has 2 nitrogen and oxygen atoms in total. The van der Waals surface area contributed by atoms with Gasteiger partial charge >= 0.3 is 0 Å². The first-order valence-corrected chi connectivity index (χ1v) is 5.62. The first-order chi connectivity index (χ1) is 7.21. The second-order valence-corrected chi connectivity index (χ2v) is 3.87. The number of hydrogen-bond donors (Lipinski definition) is 1. The van der Waals surface area contributed by atoms with Gasteiger partial charge in [0, 0.05) is 6.04 Å². The molecule has 84 valence electrons. The van der Waals surface area contributed by atoms with Crippen molar-refractivity contribution in [2.24, 2.45) is 5.73 Å². The average Bonchev–Trinajstić information content (AvgIpc) is 2.28. The molecule has 0 unspecified atom stereocenters. The van der Waals surface area contributed by atoms with Gasteiger partial charge in [-0.25, -0.2) is 0 Å². The molecule has 15 heavy (non-hydrogen) atoms. The van der Waals surface area contributed by atoms with Crippen molar-refractivity contribution in [2.75, 3.05) is 7.11 Å². The maximum Gasteiger partial charge on any atom is 0.122 e. The minimum Gasteiger partial charge on any atom is -0.496 e. The average molecular weight is 207 g/mol. The van der Waals surface area contributed by atoms with E-state index in [0.717, 1.165) is 25.0 Å². The normalized spacial score (nSPS) is 12.5. The zero-order valence-corrected chi connectivity index (χ0v) is 9.92. The molecule has 0 amide bonds. The number of nitrogens with two attached hydrogens (primary N) is 1. The lowest BCUT2D eigenvalue weighted by Gasteiger charge is -2.12. The Balaban J connectivity index is 2.83. The Morgan fingerprint density at radius 1 is 1.33 bits per heavy atom. The Morgan fingerprint density at radius 3 is 2.60 bits per heavy atom. The van der Waals surface area contributed by atoms with Crippen molar-refractivity contribution < 1.29 is 4.74 Å². The molecule has 1 rings (SSSR count). The second kappa shape index (κ2) is 5.76. The van der Waals surface area contributed by atoms with Crippen LogP contribution in [0.5, 0.6) is 5.75 Å². The van der Waals surface area contributed by atoms with E-state index >= 15 is 0 Å². The van der Waals surface area contributed by atoms with Gasteiger partial charge in [0.1, 0.15) is 5.75 Å².